The van der Waals surface area contributed by atoms with Gasteiger partial charge in [0.15, 0.2) is 0 Å². The van der Waals surface area contributed by atoms with E-state index in [1.165, 1.54) is 19.3 Å². The van der Waals surface area contributed by atoms with Crippen LogP contribution in [0.5, 0.6) is 0 Å². The second-order valence-corrected chi connectivity index (χ2v) is 6.94. The van der Waals surface area contributed by atoms with Gasteiger partial charge in [0.05, 0.1) is 0 Å². The van der Waals surface area contributed by atoms with Crippen LogP contribution in [0.25, 0.3) is 0 Å². The lowest BCUT2D eigenvalue weighted by atomic mass is 9.81. The average Bonchev–Trinajstić information content (AvgIpc) is 2.38. The fourth-order valence-corrected chi connectivity index (χ4v) is 3.17. The molecule has 2 atom stereocenters. The SMILES string of the molecule is CC(C)(C)OC(=O)N1CCCC(C2CCCNC2)C1. The molecule has 2 aliphatic heterocycles. The fraction of sp³-hybridized carbons (Fsp3) is 0.933. The van der Waals surface area contributed by atoms with Crippen molar-refractivity contribution in [2.45, 2.75) is 52.1 Å². The smallest absolute Gasteiger partial charge is 0.410 e. The lowest BCUT2D eigenvalue weighted by Gasteiger charge is -2.39. The molecular formula is C15H28N2O2. The van der Waals surface area contributed by atoms with Gasteiger partial charge < -0.3 is 15.0 Å². The number of carbonyl (C=O) groups excluding carboxylic acids is 1. The summed E-state index contributed by atoms with van der Waals surface area (Å²) in [5, 5.41) is 3.48. The van der Waals surface area contributed by atoms with Crippen LogP contribution in [0.1, 0.15) is 46.5 Å². The zero-order valence-electron chi connectivity index (χ0n) is 12.6. The largest absolute Gasteiger partial charge is 0.444 e. The first-order valence-corrected chi connectivity index (χ1v) is 7.64. The van der Waals surface area contributed by atoms with Crippen molar-refractivity contribution >= 4 is 6.09 Å². The molecule has 0 bridgehead atoms. The van der Waals surface area contributed by atoms with Crippen LogP contribution >= 0.6 is 0 Å². The zero-order valence-corrected chi connectivity index (χ0v) is 12.6. The number of rotatable bonds is 1. The Morgan fingerprint density at radius 1 is 1.21 bits per heavy atom. The molecule has 0 spiro atoms. The summed E-state index contributed by atoms with van der Waals surface area (Å²) in [6.07, 6.45) is 4.81. The highest BCUT2D eigenvalue weighted by molar-refractivity contribution is 5.68. The van der Waals surface area contributed by atoms with E-state index in [0.29, 0.717) is 5.92 Å². The van der Waals surface area contributed by atoms with E-state index < -0.39 is 5.60 Å². The highest BCUT2D eigenvalue weighted by atomic mass is 16.6. The van der Waals surface area contributed by atoms with E-state index in [-0.39, 0.29) is 6.09 Å². The Kier molecular flexibility index (Phi) is 4.71. The standard InChI is InChI=1S/C15H28N2O2/c1-15(2,3)19-14(18)17-9-5-7-13(11-17)12-6-4-8-16-10-12/h12-13,16H,4-11H2,1-3H3. The number of amides is 1. The number of carbonyl (C=O) groups is 1. The van der Waals surface area contributed by atoms with Crippen molar-refractivity contribution in [1.29, 1.82) is 0 Å². The van der Waals surface area contributed by atoms with E-state index in [9.17, 15) is 4.79 Å². The number of hydrogen-bond donors (Lipinski definition) is 1. The molecule has 0 aromatic rings. The molecule has 110 valence electrons. The molecule has 0 aliphatic carbocycles. The Hall–Kier alpha value is -0.770. The van der Waals surface area contributed by atoms with Gasteiger partial charge in [-0.2, -0.15) is 0 Å². The molecule has 4 nitrogen and oxygen atoms in total. The van der Waals surface area contributed by atoms with Crippen LogP contribution in [0, 0.1) is 11.8 Å². The molecule has 2 fully saturated rings. The van der Waals surface area contributed by atoms with Crippen molar-refractivity contribution in [3.63, 3.8) is 0 Å². The number of likely N-dealkylation sites (tertiary alicyclic amines) is 1. The summed E-state index contributed by atoms with van der Waals surface area (Å²) < 4.78 is 5.48. The Balaban J connectivity index is 1.87. The molecule has 0 saturated carbocycles. The summed E-state index contributed by atoms with van der Waals surface area (Å²) in [6, 6.07) is 0. The van der Waals surface area contributed by atoms with Crippen molar-refractivity contribution in [1.82, 2.24) is 10.2 Å². The Morgan fingerprint density at radius 2 is 1.95 bits per heavy atom. The van der Waals surface area contributed by atoms with Crippen molar-refractivity contribution in [3.8, 4) is 0 Å². The van der Waals surface area contributed by atoms with Gasteiger partial charge in [0.1, 0.15) is 5.60 Å². The van der Waals surface area contributed by atoms with E-state index in [4.69, 9.17) is 4.74 Å². The van der Waals surface area contributed by atoms with Crippen molar-refractivity contribution in [2.24, 2.45) is 11.8 Å². The maximum atomic E-state index is 12.1. The molecule has 2 heterocycles. The summed E-state index contributed by atoms with van der Waals surface area (Å²) in [5.41, 5.74) is -0.392. The lowest BCUT2D eigenvalue weighted by molar-refractivity contribution is 0.0120. The van der Waals surface area contributed by atoms with Gasteiger partial charge in [0, 0.05) is 13.1 Å². The quantitative estimate of drug-likeness (QED) is 0.795. The number of ether oxygens (including phenoxy) is 1. The molecule has 4 heteroatoms. The Labute approximate surface area is 116 Å². The van der Waals surface area contributed by atoms with Gasteiger partial charge in [-0.05, 0) is 71.4 Å². The van der Waals surface area contributed by atoms with Crippen molar-refractivity contribution in [2.75, 3.05) is 26.2 Å². The Morgan fingerprint density at radius 3 is 2.58 bits per heavy atom. The molecule has 1 N–H and O–H groups in total. The topological polar surface area (TPSA) is 41.6 Å². The van der Waals surface area contributed by atoms with Crippen molar-refractivity contribution in [3.05, 3.63) is 0 Å². The minimum atomic E-state index is -0.392. The third-order valence-electron chi connectivity index (χ3n) is 4.11. The number of hydrogen-bond acceptors (Lipinski definition) is 3. The van der Waals surface area contributed by atoms with Crippen molar-refractivity contribution < 1.29 is 9.53 Å². The second kappa shape index (κ2) is 6.12. The number of piperidine rings is 2. The first kappa shape index (κ1) is 14.6. The van der Waals surface area contributed by atoms with Crippen LogP contribution in [0.15, 0.2) is 0 Å². The fourth-order valence-electron chi connectivity index (χ4n) is 3.17. The van der Waals surface area contributed by atoms with Gasteiger partial charge in [-0.15, -0.1) is 0 Å². The molecule has 0 aromatic carbocycles. The van der Waals surface area contributed by atoms with E-state index in [2.05, 4.69) is 5.32 Å². The average molecular weight is 268 g/mol. The maximum absolute atomic E-state index is 12.1. The van der Waals surface area contributed by atoms with E-state index in [0.717, 1.165) is 38.5 Å². The summed E-state index contributed by atoms with van der Waals surface area (Å²) in [7, 11) is 0. The monoisotopic (exact) mass is 268 g/mol. The zero-order chi connectivity index (χ0) is 13.9. The predicted molar refractivity (Wildman–Crippen MR) is 76.1 cm³/mol. The molecule has 2 unspecified atom stereocenters. The van der Waals surface area contributed by atoms with E-state index in [1.807, 2.05) is 25.7 Å². The van der Waals surface area contributed by atoms with Gasteiger partial charge in [0.2, 0.25) is 0 Å². The van der Waals surface area contributed by atoms with Crippen LogP contribution in [-0.2, 0) is 4.74 Å². The van der Waals surface area contributed by atoms with E-state index in [1.54, 1.807) is 0 Å². The number of nitrogens with zero attached hydrogens (tertiary/aromatic N) is 1. The van der Waals surface area contributed by atoms with Crippen LogP contribution < -0.4 is 5.32 Å². The highest BCUT2D eigenvalue weighted by Gasteiger charge is 2.32. The summed E-state index contributed by atoms with van der Waals surface area (Å²) in [5.74, 6) is 1.38. The number of nitrogens with one attached hydrogen (secondary N) is 1. The Bertz CT molecular complexity index is 306. The van der Waals surface area contributed by atoms with Crippen LogP contribution in [0.3, 0.4) is 0 Å². The summed E-state index contributed by atoms with van der Waals surface area (Å²) in [6.45, 7) is 9.78. The third-order valence-corrected chi connectivity index (χ3v) is 4.11. The molecule has 0 aromatic heterocycles. The minimum Gasteiger partial charge on any atom is -0.444 e. The molecule has 2 saturated heterocycles. The minimum absolute atomic E-state index is 0.138. The van der Waals surface area contributed by atoms with Gasteiger partial charge in [0.25, 0.3) is 0 Å². The first-order valence-electron chi connectivity index (χ1n) is 7.64. The maximum Gasteiger partial charge on any atom is 0.410 e. The highest BCUT2D eigenvalue weighted by Crippen LogP contribution is 2.29. The molecule has 19 heavy (non-hydrogen) atoms. The van der Waals surface area contributed by atoms with Gasteiger partial charge in [-0.1, -0.05) is 0 Å². The second-order valence-electron chi connectivity index (χ2n) is 6.94. The predicted octanol–water partition coefficient (Wildman–Crippen LogP) is 2.63. The first-order chi connectivity index (χ1) is 8.96. The molecule has 2 rings (SSSR count). The summed E-state index contributed by atoms with van der Waals surface area (Å²) in [4.78, 5) is 14.0. The molecule has 2 aliphatic rings. The molecule has 0 radical (unpaired) electrons. The summed E-state index contributed by atoms with van der Waals surface area (Å²) >= 11 is 0. The van der Waals surface area contributed by atoms with Crippen LogP contribution in [0.4, 0.5) is 4.79 Å². The molecular weight excluding hydrogens is 240 g/mol. The lowest BCUT2D eigenvalue weighted by Crippen LogP contribution is -2.46. The van der Waals surface area contributed by atoms with Crippen LogP contribution in [-0.4, -0.2) is 42.8 Å². The normalized spacial score (nSPS) is 29.1. The third kappa shape index (κ3) is 4.37. The van der Waals surface area contributed by atoms with Gasteiger partial charge >= 0.3 is 6.09 Å². The van der Waals surface area contributed by atoms with Crippen LogP contribution in [0.2, 0.25) is 0 Å². The van der Waals surface area contributed by atoms with Gasteiger partial charge in [-0.3, -0.25) is 0 Å². The molecule has 1 amide bonds. The van der Waals surface area contributed by atoms with E-state index >= 15 is 0 Å². The van der Waals surface area contributed by atoms with Gasteiger partial charge in [-0.25, -0.2) is 4.79 Å².